The zero-order valence-electron chi connectivity index (χ0n) is 10.1. The molecule has 0 atom stereocenters. The number of carbonyl (C=O) groups is 2. The first-order valence-electron chi connectivity index (χ1n) is 4.86. The molecule has 0 heterocycles. The molecule has 22 heavy (non-hydrogen) atoms. The first-order valence-corrected chi connectivity index (χ1v) is 7.70. The minimum atomic E-state index is -5.41. The second kappa shape index (κ2) is 8.16. The Labute approximate surface area is 144 Å². The predicted octanol–water partition coefficient (Wildman–Crippen LogP) is 4.02. The summed E-state index contributed by atoms with van der Waals surface area (Å²) >= 11 is -4.25. The molecule has 0 aliphatic heterocycles. The fourth-order valence-electron chi connectivity index (χ4n) is 0.837. The van der Waals surface area contributed by atoms with E-state index in [2.05, 4.69) is 6.13 Å². The number of hydrogen-bond acceptors (Lipinski definition) is 4. The van der Waals surface area contributed by atoms with Gasteiger partial charge >= 0.3 is 121 Å². The SMILES string of the molecule is I.O=C(OI(OC(=O)C(F)(F)F)c1ccccc1)C(F)(F)F. The molecular weight excluding hydrogens is 552 g/mol. The van der Waals surface area contributed by atoms with E-state index >= 15 is 0 Å². The van der Waals surface area contributed by atoms with Gasteiger partial charge in [0.05, 0.1) is 0 Å². The van der Waals surface area contributed by atoms with Crippen molar-refractivity contribution in [2.24, 2.45) is 0 Å². The normalized spacial score (nSPS) is 12.0. The molecule has 0 saturated heterocycles. The van der Waals surface area contributed by atoms with E-state index in [1.165, 1.54) is 18.2 Å². The Morgan fingerprint density at radius 2 is 1.18 bits per heavy atom. The molecule has 0 unspecified atom stereocenters. The summed E-state index contributed by atoms with van der Waals surface area (Å²) in [5, 5.41) is 0. The van der Waals surface area contributed by atoms with Crippen molar-refractivity contribution in [3.8, 4) is 0 Å². The van der Waals surface area contributed by atoms with E-state index in [4.69, 9.17) is 0 Å². The van der Waals surface area contributed by atoms with E-state index in [0.717, 1.165) is 12.1 Å². The van der Waals surface area contributed by atoms with Crippen molar-refractivity contribution in [2.45, 2.75) is 12.4 Å². The quantitative estimate of drug-likeness (QED) is 0.416. The molecule has 0 aromatic heterocycles. The maximum atomic E-state index is 12.1. The van der Waals surface area contributed by atoms with Crippen LogP contribution in [0.4, 0.5) is 26.3 Å². The molecule has 0 spiro atoms. The Bertz CT molecular complexity index is 488. The molecule has 0 saturated carbocycles. The summed E-state index contributed by atoms with van der Waals surface area (Å²) in [6.07, 6.45) is -10.8. The Kier molecular flexibility index (Phi) is 7.87. The number of halogens is 8. The molecule has 0 N–H and O–H groups in total. The number of rotatable bonds is 3. The fraction of sp³-hybridized carbons (Fsp3) is 0.200. The fourth-order valence-corrected chi connectivity index (χ4v) is 3.66. The molecule has 12 heteroatoms. The van der Waals surface area contributed by atoms with Crippen LogP contribution >= 0.6 is 44.6 Å². The molecule has 0 fully saturated rings. The van der Waals surface area contributed by atoms with Gasteiger partial charge in [-0.1, -0.05) is 0 Å². The van der Waals surface area contributed by atoms with Gasteiger partial charge < -0.3 is 0 Å². The molecule has 0 bridgehead atoms. The molecule has 1 aromatic rings. The second-order valence-corrected chi connectivity index (χ2v) is 6.60. The maximum absolute atomic E-state index is 12.1. The van der Waals surface area contributed by atoms with Crippen molar-refractivity contribution in [1.29, 1.82) is 0 Å². The summed E-state index contributed by atoms with van der Waals surface area (Å²) < 4.78 is 80.1. The van der Waals surface area contributed by atoms with Crippen molar-refractivity contribution in [3.05, 3.63) is 33.9 Å². The van der Waals surface area contributed by atoms with Crippen LogP contribution in [0, 0.1) is 3.57 Å². The Morgan fingerprint density at radius 1 is 0.818 bits per heavy atom. The average Bonchev–Trinajstić information content (AvgIpc) is 2.36. The third-order valence-corrected chi connectivity index (χ3v) is 4.99. The van der Waals surface area contributed by atoms with Gasteiger partial charge in [-0.25, -0.2) is 0 Å². The van der Waals surface area contributed by atoms with Crippen LogP contribution in [0.2, 0.25) is 0 Å². The summed E-state index contributed by atoms with van der Waals surface area (Å²) in [6.45, 7) is 0. The minimum absolute atomic E-state index is 0. The predicted molar refractivity (Wildman–Crippen MR) is 78.9 cm³/mol. The summed E-state index contributed by atoms with van der Waals surface area (Å²) in [6, 6.07) is 6.18. The topological polar surface area (TPSA) is 52.6 Å². The third-order valence-electron chi connectivity index (χ3n) is 1.65. The molecule has 0 radical (unpaired) electrons. The van der Waals surface area contributed by atoms with Crippen molar-refractivity contribution >= 4 is 56.6 Å². The molecule has 0 aliphatic rings. The average molecular weight is 558 g/mol. The van der Waals surface area contributed by atoms with Gasteiger partial charge in [0.15, 0.2) is 0 Å². The number of alkyl halides is 6. The Hall–Kier alpha value is -0.800. The first-order chi connectivity index (χ1) is 9.51. The van der Waals surface area contributed by atoms with Crippen molar-refractivity contribution in [1.82, 2.24) is 0 Å². The molecule has 1 rings (SSSR count). The molecule has 1 aromatic carbocycles. The molecular formula is C10H6F6I2O4. The van der Waals surface area contributed by atoms with Crippen LogP contribution in [-0.2, 0) is 15.7 Å². The van der Waals surface area contributed by atoms with Gasteiger partial charge in [-0.05, 0) is 0 Å². The number of carbonyl (C=O) groups excluding carboxylic acids is 2. The molecule has 4 nitrogen and oxygen atoms in total. The molecule has 0 amide bonds. The van der Waals surface area contributed by atoms with Crippen LogP contribution in [0.3, 0.4) is 0 Å². The van der Waals surface area contributed by atoms with E-state index in [-0.39, 0.29) is 27.5 Å². The summed E-state index contributed by atoms with van der Waals surface area (Å²) in [5.74, 6) is -5.43. The summed E-state index contributed by atoms with van der Waals surface area (Å²) in [4.78, 5) is 21.4. The zero-order chi connectivity index (χ0) is 16.3. The van der Waals surface area contributed by atoms with E-state index in [1.54, 1.807) is 0 Å². The van der Waals surface area contributed by atoms with Crippen LogP contribution in [0.5, 0.6) is 0 Å². The van der Waals surface area contributed by atoms with Crippen LogP contribution in [-0.4, -0.2) is 24.3 Å². The van der Waals surface area contributed by atoms with Gasteiger partial charge in [-0.15, -0.1) is 24.0 Å². The van der Waals surface area contributed by atoms with Crippen molar-refractivity contribution in [3.63, 3.8) is 0 Å². The van der Waals surface area contributed by atoms with Crippen molar-refractivity contribution in [2.75, 3.05) is 0 Å². The van der Waals surface area contributed by atoms with Crippen LogP contribution in [0.1, 0.15) is 0 Å². The summed E-state index contributed by atoms with van der Waals surface area (Å²) in [7, 11) is 0. The Balaban J connectivity index is 0.00000441. The number of benzene rings is 1. The van der Waals surface area contributed by atoms with Gasteiger partial charge in [0.25, 0.3) is 0 Å². The summed E-state index contributed by atoms with van der Waals surface area (Å²) in [5.41, 5.74) is 0. The van der Waals surface area contributed by atoms with E-state index < -0.39 is 44.9 Å². The van der Waals surface area contributed by atoms with Gasteiger partial charge in [-0.3, -0.25) is 0 Å². The van der Waals surface area contributed by atoms with Gasteiger partial charge in [0.2, 0.25) is 0 Å². The third kappa shape index (κ3) is 6.53. The Morgan fingerprint density at radius 3 is 1.50 bits per heavy atom. The van der Waals surface area contributed by atoms with Gasteiger partial charge in [0.1, 0.15) is 0 Å². The number of hydrogen-bond donors (Lipinski definition) is 0. The molecule has 126 valence electrons. The van der Waals surface area contributed by atoms with Crippen molar-refractivity contribution < 1.29 is 42.1 Å². The first kappa shape index (κ1) is 21.2. The van der Waals surface area contributed by atoms with E-state index in [1.807, 2.05) is 0 Å². The standard InChI is InChI=1S/C10H5F6IO4.HI/c11-9(12,13)7(18)20-17(6-4-2-1-3-5-6)21-8(19)10(14,15)16;/h1-5H;1H. The van der Waals surface area contributed by atoms with Crippen LogP contribution < -0.4 is 0 Å². The zero-order valence-corrected chi connectivity index (χ0v) is 14.6. The monoisotopic (exact) mass is 558 g/mol. The van der Waals surface area contributed by atoms with Gasteiger partial charge in [-0.2, -0.15) is 0 Å². The van der Waals surface area contributed by atoms with E-state index in [0.29, 0.717) is 0 Å². The van der Waals surface area contributed by atoms with E-state index in [9.17, 15) is 35.9 Å². The van der Waals surface area contributed by atoms with Crippen LogP contribution in [0.15, 0.2) is 30.3 Å². The van der Waals surface area contributed by atoms with Crippen LogP contribution in [0.25, 0.3) is 0 Å². The second-order valence-electron chi connectivity index (χ2n) is 3.24. The molecule has 0 aliphatic carbocycles. The van der Waals surface area contributed by atoms with Gasteiger partial charge in [0, 0.05) is 0 Å².